The number of halogens is 1. The highest BCUT2D eigenvalue weighted by Crippen LogP contribution is 2.39. The van der Waals surface area contributed by atoms with Crippen molar-refractivity contribution in [2.24, 2.45) is 11.8 Å². The van der Waals surface area contributed by atoms with E-state index < -0.39 is 18.2 Å². The van der Waals surface area contributed by atoms with Crippen LogP contribution in [0, 0.1) is 11.8 Å². The van der Waals surface area contributed by atoms with Crippen molar-refractivity contribution in [3.63, 3.8) is 0 Å². The standard InChI is InChI=1S/C20H33ClO5/c1-14(22)7-6-8-15(23)11-12-17-16(18(21)13-19(17)24)9-4-2-3-5-10-20(25)26/h2,4,11-12,14-19,22-24H,3,5-10,13H2,1H3,(H,25,26)/t14-,15+,16-,17-,18-,19-/m1/s1. The fraction of sp³-hybridized carbons (Fsp3) is 0.750. The molecule has 6 atom stereocenters. The maximum Gasteiger partial charge on any atom is 0.303 e. The number of hydrogen-bond donors (Lipinski definition) is 4. The Morgan fingerprint density at radius 3 is 2.62 bits per heavy atom. The predicted molar refractivity (Wildman–Crippen MR) is 103 cm³/mol. The van der Waals surface area contributed by atoms with Gasteiger partial charge in [-0.25, -0.2) is 0 Å². The number of carboxylic acids is 1. The minimum Gasteiger partial charge on any atom is -0.481 e. The van der Waals surface area contributed by atoms with Gasteiger partial charge in [0.05, 0.1) is 18.3 Å². The monoisotopic (exact) mass is 388 g/mol. The van der Waals surface area contributed by atoms with Gasteiger partial charge in [-0.15, -0.1) is 11.6 Å². The van der Waals surface area contributed by atoms with Gasteiger partial charge in [-0.1, -0.05) is 24.3 Å². The second kappa shape index (κ2) is 12.5. The summed E-state index contributed by atoms with van der Waals surface area (Å²) in [7, 11) is 0. The molecule has 0 bridgehead atoms. The van der Waals surface area contributed by atoms with E-state index in [-0.39, 0.29) is 29.7 Å². The lowest BCUT2D eigenvalue weighted by atomic mass is 9.90. The first-order valence-corrected chi connectivity index (χ1v) is 9.98. The maximum atomic E-state index is 10.5. The van der Waals surface area contributed by atoms with Crippen molar-refractivity contribution in [2.75, 3.05) is 0 Å². The van der Waals surface area contributed by atoms with Crippen molar-refractivity contribution in [3.05, 3.63) is 24.3 Å². The van der Waals surface area contributed by atoms with Gasteiger partial charge in [0.2, 0.25) is 0 Å². The second-order valence-electron chi connectivity index (χ2n) is 7.29. The van der Waals surface area contributed by atoms with Crippen LogP contribution in [0.15, 0.2) is 24.3 Å². The van der Waals surface area contributed by atoms with E-state index in [9.17, 15) is 20.1 Å². The molecule has 5 nitrogen and oxygen atoms in total. The van der Waals surface area contributed by atoms with E-state index in [1.807, 2.05) is 18.2 Å². The van der Waals surface area contributed by atoms with E-state index in [0.717, 1.165) is 19.3 Å². The Morgan fingerprint density at radius 2 is 1.96 bits per heavy atom. The SMILES string of the molecule is C[C@@H](O)CCC[C@H](O)C=C[C@@H]1[C@@H](CC=CCCCC(=O)O)[C@H](Cl)C[C@H]1O. The third kappa shape index (κ3) is 9.17. The smallest absolute Gasteiger partial charge is 0.303 e. The van der Waals surface area contributed by atoms with Crippen molar-refractivity contribution in [1.29, 1.82) is 0 Å². The number of rotatable bonds is 12. The highest BCUT2D eigenvalue weighted by molar-refractivity contribution is 6.21. The first kappa shape index (κ1) is 23.2. The number of alkyl halides is 1. The molecule has 1 saturated carbocycles. The Bertz CT molecular complexity index is 463. The number of carbonyl (C=O) groups is 1. The van der Waals surface area contributed by atoms with Gasteiger partial charge in [-0.05, 0) is 57.8 Å². The minimum atomic E-state index is -0.782. The van der Waals surface area contributed by atoms with E-state index in [2.05, 4.69) is 0 Å². The van der Waals surface area contributed by atoms with E-state index in [0.29, 0.717) is 25.7 Å². The molecule has 0 saturated heterocycles. The summed E-state index contributed by atoms with van der Waals surface area (Å²) in [6.07, 6.45) is 10.9. The molecule has 1 rings (SSSR count). The third-order valence-corrected chi connectivity index (χ3v) is 5.39. The van der Waals surface area contributed by atoms with Crippen molar-refractivity contribution in [1.82, 2.24) is 0 Å². The Morgan fingerprint density at radius 1 is 1.23 bits per heavy atom. The molecular formula is C20H33ClO5. The number of aliphatic hydroxyl groups is 3. The lowest BCUT2D eigenvalue weighted by Gasteiger charge is -2.19. The molecule has 0 aromatic rings. The van der Waals surface area contributed by atoms with E-state index in [1.165, 1.54) is 0 Å². The Kier molecular flexibility index (Phi) is 11.1. The zero-order chi connectivity index (χ0) is 19.5. The fourth-order valence-corrected chi connectivity index (χ4v) is 3.84. The summed E-state index contributed by atoms with van der Waals surface area (Å²) in [5, 5.41) is 38.0. The van der Waals surface area contributed by atoms with Crippen LogP contribution in [-0.4, -0.2) is 50.1 Å². The van der Waals surface area contributed by atoms with Crippen LogP contribution in [0.4, 0.5) is 0 Å². The molecule has 0 radical (unpaired) electrons. The first-order valence-electron chi connectivity index (χ1n) is 9.54. The van der Waals surface area contributed by atoms with Gasteiger partial charge in [0.1, 0.15) is 0 Å². The average Bonchev–Trinajstić information content (AvgIpc) is 2.81. The van der Waals surface area contributed by atoms with Crippen LogP contribution in [0.5, 0.6) is 0 Å². The normalized spacial score (nSPS) is 28.8. The van der Waals surface area contributed by atoms with Crippen LogP contribution >= 0.6 is 11.6 Å². The summed E-state index contributed by atoms with van der Waals surface area (Å²) in [6.45, 7) is 1.73. The van der Waals surface area contributed by atoms with Crippen LogP contribution < -0.4 is 0 Å². The van der Waals surface area contributed by atoms with Crippen molar-refractivity contribution in [3.8, 4) is 0 Å². The lowest BCUT2D eigenvalue weighted by molar-refractivity contribution is -0.137. The molecule has 0 unspecified atom stereocenters. The molecular weight excluding hydrogens is 356 g/mol. The van der Waals surface area contributed by atoms with Crippen molar-refractivity contribution in [2.45, 2.75) is 82.0 Å². The molecule has 26 heavy (non-hydrogen) atoms. The van der Waals surface area contributed by atoms with Crippen LogP contribution in [-0.2, 0) is 4.79 Å². The minimum absolute atomic E-state index is 0.0902. The Balaban J connectivity index is 2.46. The number of aliphatic carboxylic acids is 1. The molecule has 1 aliphatic carbocycles. The Hall–Kier alpha value is -0.880. The molecule has 0 heterocycles. The quantitative estimate of drug-likeness (QED) is 0.234. The summed E-state index contributed by atoms with van der Waals surface area (Å²) in [6, 6.07) is 0. The van der Waals surface area contributed by atoms with Gasteiger partial charge in [0.15, 0.2) is 0 Å². The summed E-state index contributed by atoms with van der Waals surface area (Å²) in [5.41, 5.74) is 0. The zero-order valence-electron chi connectivity index (χ0n) is 15.5. The highest BCUT2D eigenvalue weighted by Gasteiger charge is 2.39. The molecule has 0 aliphatic heterocycles. The van der Waals surface area contributed by atoms with E-state index in [1.54, 1.807) is 13.0 Å². The molecule has 0 spiro atoms. The topological polar surface area (TPSA) is 98.0 Å². The van der Waals surface area contributed by atoms with Crippen LogP contribution in [0.1, 0.15) is 58.3 Å². The molecule has 6 heteroatoms. The molecule has 150 valence electrons. The van der Waals surface area contributed by atoms with Crippen LogP contribution in [0.2, 0.25) is 0 Å². The van der Waals surface area contributed by atoms with E-state index >= 15 is 0 Å². The average molecular weight is 389 g/mol. The van der Waals surface area contributed by atoms with Gasteiger partial charge < -0.3 is 20.4 Å². The molecule has 1 fully saturated rings. The number of allylic oxidation sites excluding steroid dienone is 2. The number of unbranched alkanes of at least 4 members (excludes halogenated alkanes) is 1. The molecule has 0 amide bonds. The van der Waals surface area contributed by atoms with Crippen LogP contribution in [0.3, 0.4) is 0 Å². The molecule has 0 aromatic heterocycles. The number of carboxylic acid groups (broad SMARTS) is 1. The van der Waals surface area contributed by atoms with Gasteiger partial charge in [0.25, 0.3) is 0 Å². The first-order chi connectivity index (χ1) is 12.3. The van der Waals surface area contributed by atoms with Gasteiger partial charge in [0, 0.05) is 17.7 Å². The van der Waals surface area contributed by atoms with E-state index in [4.69, 9.17) is 16.7 Å². The third-order valence-electron chi connectivity index (χ3n) is 4.88. The summed E-state index contributed by atoms with van der Waals surface area (Å²) >= 11 is 6.39. The predicted octanol–water partition coefficient (Wildman–Crippen LogP) is 3.26. The molecule has 4 N–H and O–H groups in total. The van der Waals surface area contributed by atoms with Crippen LogP contribution in [0.25, 0.3) is 0 Å². The van der Waals surface area contributed by atoms with Gasteiger partial charge >= 0.3 is 5.97 Å². The number of aliphatic hydroxyl groups excluding tert-OH is 3. The van der Waals surface area contributed by atoms with Crippen molar-refractivity contribution < 1.29 is 25.2 Å². The summed E-state index contributed by atoms with van der Waals surface area (Å²) in [5.74, 6) is -0.772. The lowest BCUT2D eigenvalue weighted by Crippen LogP contribution is -2.19. The molecule has 0 aromatic carbocycles. The second-order valence-corrected chi connectivity index (χ2v) is 7.85. The largest absolute Gasteiger partial charge is 0.481 e. The summed E-state index contributed by atoms with van der Waals surface area (Å²) in [4.78, 5) is 10.5. The maximum absolute atomic E-state index is 10.5. The van der Waals surface area contributed by atoms with Crippen molar-refractivity contribution >= 4 is 17.6 Å². The number of hydrogen-bond acceptors (Lipinski definition) is 4. The fourth-order valence-electron chi connectivity index (χ4n) is 3.38. The molecule has 1 aliphatic rings. The van der Waals surface area contributed by atoms with Gasteiger partial charge in [-0.2, -0.15) is 0 Å². The summed E-state index contributed by atoms with van der Waals surface area (Å²) < 4.78 is 0. The van der Waals surface area contributed by atoms with Gasteiger partial charge in [-0.3, -0.25) is 4.79 Å². The zero-order valence-corrected chi connectivity index (χ0v) is 16.3. The Labute approximate surface area is 161 Å². The highest BCUT2D eigenvalue weighted by atomic mass is 35.5.